The molecule has 3 aliphatic rings. The van der Waals surface area contributed by atoms with E-state index in [0.717, 1.165) is 23.7 Å². The van der Waals surface area contributed by atoms with Crippen LogP contribution in [0.15, 0.2) is 97.5 Å². The molecule has 8 aromatic rings. The summed E-state index contributed by atoms with van der Waals surface area (Å²) in [4.78, 5) is 45.8. The fraction of sp³-hybridized carbons (Fsp3) is 0.368. The lowest BCUT2D eigenvalue weighted by Gasteiger charge is -2.30. The van der Waals surface area contributed by atoms with Gasteiger partial charge in [-0.05, 0) is 73.1 Å². The van der Waals surface area contributed by atoms with Gasteiger partial charge in [-0.1, -0.05) is 73.7 Å². The molecular formula is C57H58F4N12O6. The molecule has 0 aliphatic carbocycles. The van der Waals surface area contributed by atoms with Crippen molar-refractivity contribution in [3.8, 4) is 45.4 Å². The molecule has 3 saturated heterocycles. The van der Waals surface area contributed by atoms with E-state index in [1.54, 1.807) is 41.6 Å². The van der Waals surface area contributed by atoms with Gasteiger partial charge in [0, 0.05) is 78.1 Å². The van der Waals surface area contributed by atoms with Crippen LogP contribution in [-0.4, -0.2) is 127 Å². The third kappa shape index (κ3) is 10.4. The summed E-state index contributed by atoms with van der Waals surface area (Å²) in [6.07, 6.45) is 1.61. The predicted molar refractivity (Wildman–Crippen MR) is 285 cm³/mol. The molecule has 4 aromatic heterocycles. The minimum Gasteiger partial charge on any atom is -0.486 e. The molecule has 4 N–H and O–H groups in total. The number of piperazine rings is 1. The predicted octanol–water partition coefficient (Wildman–Crippen LogP) is 8.15. The number of aliphatic hydroxyl groups excluding tert-OH is 1. The van der Waals surface area contributed by atoms with Gasteiger partial charge in [-0.2, -0.15) is 28.2 Å². The van der Waals surface area contributed by atoms with Crippen molar-refractivity contribution in [1.29, 1.82) is 0 Å². The van der Waals surface area contributed by atoms with E-state index < -0.39 is 41.2 Å². The van der Waals surface area contributed by atoms with Gasteiger partial charge in [0.05, 0.1) is 48.4 Å². The third-order valence-corrected chi connectivity index (χ3v) is 15.2. The Morgan fingerprint density at radius 3 is 2.43 bits per heavy atom. The second-order valence-corrected chi connectivity index (χ2v) is 20.6. The van der Waals surface area contributed by atoms with Gasteiger partial charge in [0.15, 0.2) is 5.75 Å². The fourth-order valence-electron chi connectivity index (χ4n) is 11.2. The summed E-state index contributed by atoms with van der Waals surface area (Å²) >= 11 is 0. The first kappa shape index (κ1) is 52.9. The topological polar surface area (TPSA) is 211 Å². The van der Waals surface area contributed by atoms with E-state index >= 15 is 17.6 Å². The highest BCUT2D eigenvalue weighted by Crippen LogP contribution is 2.51. The van der Waals surface area contributed by atoms with Crippen molar-refractivity contribution in [3.63, 3.8) is 0 Å². The number of pyridine rings is 1. The van der Waals surface area contributed by atoms with Gasteiger partial charge < -0.3 is 39.8 Å². The Morgan fingerprint density at radius 1 is 0.949 bits per heavy atom. The molecule has 0 saturated carbocycles. The summed E-state index contributed by atoms with van der Waals surface area (Å²) in [7, 11) is 1.51. The van der Waals surface area contributed by atoms with Crippen LogP contribution in [0.2, 0.25) is 0 Å². The number of methoxy groups -OCH3 is 1. The number of nitrogens with zero attached hydrogens (tertiary/aromatic N) is 9. The molecule has 22 heteroatoms. The normalized spacial score (nSPS) is 18.0. The molecule has 3 fully saturated rings. The molecule has 2 bridgehead atoms. The number of H-pyrrole nitrogens is 1. The van der Waals surface area contributed by atoms with Gasteiger partial charge in [-0.25, -0.2) is 9.07 Å². The van der Waals surface area contributed by atoms with E-state index in [0.29, 0.717) is 54.9 Å². The lowest BCUT2D eigenvalue weighted by Crippen LogP contribution is -2.50. The maximum Gasteiger partial charge on any atom is 0.417 e. The number of ether oxygens (including phenoxy) is 3. The maximum absolute atomic E-state index is 15.9. The molecule has 0 radical (unpaired) electrons. The van der Waals surface area contributed by atoms with Gasteiger partial charge >= 0.3 is 12.2 Å². The highest BCUT2D eigenvalue weighted by atomic mass is 19.4. The number of amides is 2. The van der Waals surface area contributed by atoms with Crippen molar-refractivity contribution >= 4 is 39.4 Å². The largest absolute Gasteiger partial charge is 0.486 e. The van der Waals surface area contributed by atoms with E-state index in [2.05, 4.69) is 36.1 Å². The molecule has 2 amide bonds. The number of benzene rings is 4. The Balaban J connectivity index is 0.872. The SMILES string of the molecule is COCCOc1nc(N2CC3CC2CN3)c2cc(C(F)(F)F)c(-c3c(C)c(F)cc4[nH]ncc34)c(OCc3ccc(-c4cn(C(C(=O)N5CCCC5C(=O)NC(CO)c5ccc(-c6ccccn6)cc5)C(C)C)nn4)cc3)c2n1. The van der Waals surface area contributed by atoms with Gasteiger partial charge in [-0.3, -0.25) is 19.7 Å². The van der Waals surface area contributed by atoms with Crippen molar-refractivity contribution < 1.29 is 46.5 Å². The number of hydrogen-bond donors (Lipinski definition) is 4. The van der Waals surface area contributed by atoms with Gasteiger partial charge in [0.1, 0.15) is 48.1 Å². The number of aromatic nitrogens is 8. The van der Waals surface area contributed by atoms with Crippen LogP contribution in [0.5, 0.6) is 11.8 Å². The zero-order valence-corrected chi connectivity index (χ0v) is 43.8. The monoisotopic (exact) mass is 1080 g/mol. The van der Waals surface area contributed by atoms with Crippen molar-refractivity contribution in [1.82, 2.24) is 55.7 Å². The fourth-order valence-corrected chi connectivity index (χ4v) is 11.2. The maximum atomic E-state index is 15.9. The van der Waals surface area contributed by atoms with Crippen molar-refractivity contribution in [2.45, 2.75) is 83.0 Å². The number of halogens is 4. The smallest absolute Gasteiger partial charge is 0.417 e. The molecule has 7 heterocycles. The highest BCUT2D eigenvalue weighted by molar-refractivity contribution is 6.06. The first-order chi connectivity index (χ1) is 38.2. The number of alkyl halides is 3. The van der Waals surface area contributed by atoms with Crippen LogP contribution in [0.1, 0.15) is 67.4 Å². The van der Waals surface area contributed by atoms with Crippen LogP contribution < -0.4 is 25.0 Å². The quantitative estimate of drug-likeness (QED) is 0.0472. The number of fused-ring (bicyclic) bond motifs is 4. The number of carbonyl (C=O) groups excluding carboxylic acids is 2. The average molecular weight is 1080 g/mol. The van der Waals surface area contributed by atoms with Gasteiger partial charge in [0.25, 0.3) is 0 Å². The van der Waals surface area contributed by atoms with E-state index in [9.17, 15) is 14.7 Å². The zero-order valence-electron chi connectivity index (χ0n) is 43.8. The van der Waals surface area contributed by atoms with Gasteiger partial charge in [0.2, 0.25) is 11.8 Å². The summed E-state index contributed by atoms with van der Waals surface area (Å²) in [6, 6.07) is 20.0. The van der Waals surface area contributed by atoms with Crippen LogP contribution in [0, 0.1) is 18.7 Å². The first-order valence-electron chi connectivity index (χ1n) is 26.3. The van der Waals surface area contributed by atoms with E-state index in [4.69, 9.17) is 24.2 Å². The molecule has 5 unspecified atom stereocenters. The molecule has 0 spiro atoms. The standard InChI is InChI=1S/C57H58F4N12O6/c1-31(2)51(55(76)71-19-7-9-47(71)54(75)65-46(29-74)36-16-14-34(15-17-36)43-8-5-6-18-62-43)73-28-45(69-70-73)35-12-10-33(11-13-35)30-79-52-49(48-32(3)42(58)24-44-40(48)26-64-68-44)41(57(59,60)61)23-39-50(52)66-56(78-21-20-77-4)67-53(39)72-27-37-22-38(72)25-63-37/h5-6,8,10-18,23-24,26,28,31,37-38,46-47,51,63,74H,7,9,19-22,25,27,29-30H2,1-4H3,(H,64,68)(H,65,75). The molecule has 79 heavy (non-hydrogen) atoms. The van der Waals surface area contributed by atoms with Crippen molar-refractivity contribution in [2.24, 2.45) is 5.92 Å². The third-order valence-electron chi connectivity index (χ3n) is 15.2. The number of aromatic amines is 1. The summed E-state index contributed by atoms with van der Waals surface area (Å²) in [6.45, 7) is 6.33. The van der Waals surface area contributed by atoms with Crippen LogP contribution in [0.25, 0.3) is 55.4 Å². The summed E-state index contributed by atoms with van der Waals surface area (Å²) in [5.41, 5.74) is 2.65. The summed E-state index contributed by atoms with van der Waals surface area (Å²) in [5.74, 6) is -1.67. The number of nitrogens with one attached hydrogen (secondary N) is 3. The Hall–Kier alpha value is -8.08. The van der Waals surface area contributed by atoms with Crippen molar-refractivity contribution in [3.05, 3.63) is 126 Å². The number of aliphatic hydroxyl groups is 1. The second kappa shape index (κ2) is 22.0. The van der Waals surface area contributed by atoms with Crippen LogP contribution in [0.3, 0.4) is 0 Å². The minimum absolute atomic E-state index is 0.0392. The Labute approximate surface area is 451 Å². The van der Waals surface area contributed by atoms with Crippen LogP contribution in [-0.2, 0) is 27.1 Å². The lowest BCUT2D eigenvalue weighted by molar-refractivity contribution is -0.142. The first-order valence-corrected chi connectivity index (χ1v) is 26.3. The zero-order chi connectivity index (χ0) is 55.1. The lowest BCUT2D eigenvalue weighted by atomic mass is 9.90. The molecule has 5 atom stereocenters. The minimum atomic E-state index is -4.96. The Bertz CT molecular complexity index is 3520. The van der Waals surface area contributed by atoms with Crippen LogP contribution in [0.4, 0.5) is 23.4 Å². The van der Waals surface area contributed by atoms with E-state index in [1.807, 2.05) is 61.2 Å². The second-order valence-electron chi connectivity index (χ2n) is 20.6. The summed E-state index contributed by atoms with van der Waals surface area (Å²) < 4.78 is 82.6. The van der Waals surface area contributed by atoms with E-state index in [1.165, 1.54) is 31.0 Å². The molecule has 11 rings (SSSR count). The molecule has 3 aliphatic heterocycles. The number of likely N-dealkylation sites (tertiary alicyclic amines) is 1. The number of carbonyl (C=O) groups is 2. The number of rotatable bonds is 18. The summed E-state index contributed by atoms with van der Waals surface area (Å²) in [5, 5.41) is 32.7. The Morgan fingerprint density at radius 2 is 1.73 bits per heavy atom. The van der Waals surface area contributed by atoms with Gasteiger partial charge in [-0.15, -0.1) is 5.10 Å². The van der Waals surface area contributed by atoms with E-state index in [-0.39, 0.29) is 107 Å². The number of anilines is 1. The highest BCUT2D eigenvalue weighted by Gasteiger charge is 2.43. The average Bonchev–Trinajstić information content (AvgIpc) is 4.35. The van der Waals surface area contributed by atoms with Crippen LogP contribution >= 0.6 is 0 Å². The van der Waals surface area contributed by atoms with Crippen molar-refractivity contribution in [2.75, 3.05) is 51.5 Å². The molecule has 18 nitrogen and oxygen atoms in total. The molecule has 410 valence electrons. The Kier molecular flexibility index (Phi) is 14.7. The number of hydrogen-bond acceptors (Lipinski definition) is 14. The molecule has 4 aromatic carbocycles. The molecular weight excluding hydrogens is 1020 g/mol.